The van der Waals surface area contributed by atoms with Gasteiger partial charge in [0.25, 0.3) is 5.56 Å². The number of fused-ring (bicyclic) bond motifs is 1. The van der Waals surface area contributed by atoms with Crippen LogP contribution >= 0.6 is 35.0 Å². The van der Waals surface area contributed by atoms with E-state index in [1.807, 2.05) is 67.7 Å². The number of rotatable bonds is 8. The molecule has 1 aliphatic rings. The number of halogens is 2. The zero-order valence-electron chi connectivity index (χ0n) is 20.4. The topological polar surface area (TPSA) is 56.6 Å². The Morgan fingerprint density at radius 3 is 2.43 bits per heavy atom. The smallest absolute Gasteiger partial charge is 0.271 e. The van der Waals surface area contributed by atoms with Crippen molar-refractivity contribution in [2.75, 3.05) is 32.2 Å². The van der Waals surface area contributed by atoms with Gasteiger partial charge >= 0.3 is 0 Å². The minimum Gasteiger partial charge on any atom is -0.493 e. The number of thioether (sulfide) groups is 1. The monoisotopic (exact) mass is 553 g/mol. The van der Waals surface area contributed by atoms with Gasteiger partial charge in [-0.15, -0.1) is 11.8 Å². The van der Waals surface area contributed by atoms with Crippen molar-refractivity contribution in [3.8, 4) is 17.2 Å². The SMILES string of the molecule is COc1cc(-n2cnc3c(c2=O)SC(c2ccc(Cl)cc2)C3)ccc1OCCN(C)c1ccc(Cl)cc1. The maximum absolute atomic E-state index is 13.4. The number of likely N-dealkylation sites (N-methyl/N-ethyl adjacent to an activating group) is 1. The van der Waals surface area contributed by atoms with Gasteiger partial charge in [-0.2, -0.15) is 0 Å². The molecule has 9 heteroatoms. The summed E-state index contributed by atoms with van der Waals surface area (Å²) in [5.74, 6) is 1.15. The quantitative estimate of drug-likeness (QED) is 0.250. The van der Waals surface area contributed by atoms with Gasteiger partial charge in [0.2, 0.25) is 0 Å². The maximum atomic E-state index is 13.4. The summed E-state index contributed by atoms with van der Waals surface area (Å²) in [7, 11) is 3.58. The van der Waals surface area contributed by atoms with Crippen LogP contribution in [0.4, 0.5) is 5.69 Å². The van der Waals surface area contributed by atoms with Crippen LogP contribution < -0.4 is 19.9 Å². The van der Waals surface area contributed by atoms with E-state index >= 15 is 0 Å². The number of anilines is 1. The number of aromatic nitrogens is 2. The Hall–Kier alpha value is -3.13. The van der Waals surface area contributed by atoms with E-state index in [2.05, 4.69) is 9.88 Å². The molecule has 6 nitrogen and oxygen atoms in total. The van der Waals surface area contributed by atoms with E-state index in [-0.39, 0.29) is 10.8 Å². The number of hydrogen-bond donors (Lipinski definition) is 0. The van der Waals surface area contributed by atoms with Crippen molar-refractivity contribution in [1.82, 2.24) is 9.55 Å². The van der Waals surface area contributed by atoms with Gasteiger partial charge in [0, 0.05) is 40.5 Å². The van der Waals surface area contributed by atoms with Gasteiger partial charge in [-0.1, -0.05) is 35.3 Å². The van der Waals surface area contributed by atoms with E-state index in [1.165, 1.54) is 0 Å². The Morgan fingerprint density at radius 2 is 1.73 bits per heavy atom. The van der Waals surface area contributed by atoms with E-state index in [0.29, 0.717) is 51.7 Å². The van der Waals surface area contributed by atoms with Crippen molar-refractivity contribution in [1.29, 1.82) is 0 Å². The molecule has 0 saturated heterocycles. The second kappa shape index (κ2) is 11.1. The zero-order chi connectivity index (χ0) is 25.9. The first-order valence-corrected chi connectivity index (χ1v) is 13.4. The number of methoxy groups -OCH3 is 1. The van der Waals surface area contributed by atoms with E-state index < -0.39 is 0 Å². The molecular weight excluding hydrogens is 529 g/mol. The van der Waals surface area contributed by atoms with Gasteiger partial charge in [0.1, 0.15) is 12.9 Å². The van der Waals surface area contributed by atoms with Crippen LogP contribution in [0.1, 0.15) is 16.5 Å². The number of hydrogen-bond acceptors (Lipinski definition) is 6. The van der Waals surface area contributed by atoms with Crippen molar-refractivity contribution in [3.63, 3.8) is 0 Å². The maximum Gasteiger partial charge on any atom is 0.271 e. The van der Waals surface area contributed by atoms with Gasteiger partial charge in [-0.05, 0) is 54.1 Å². The first-order chi connectivity index (χ1) is 17.9. The molecule has 37 heavy (non-hydrogen) atoms. The van der Waals surface area contributed by atoms with Gasteiger partial charge in [0.15, 0.2) is 11.5 Å². The molecular formula is C28H25Cl2N3O3S. The number of nitrogens with zero attached hydrogens (tertiary/aromatic N) is 3. The summed E-state index contributed by atoms with van der Waals surface area (Å²) in [6.45, 7) is 1.13. The molecule has 0 N–H and O–H groups in total. The van der Waals surface area contributed by atoms with E-state index in [9.17, 15) is 4.79 Å². The summed E-state index contributed by atoms with van der Waals surface area (Å²) in [5, 5.41) is 1.54. The van der Waals surface area contributed by atoms with Gasteiger partial charge in [-0.3, -0.25) is 9.36 Å². The molecule has 3 aromatic carbocycles. The zero-order valence-corrected chi connectivity index (χ0v) is 22.7. The Morgan fingerprint density at radius 1 is 1.03 bits per heavy atom. The van der Waals surface area contributed by atoms with Crippen LogP contribution in [0.5, 0.6) is 11.5 Å². The Bertz CT molecular complexity index is 1460. The highest BCUT2D eigenvalue weighted by Gasteiger charge is 2.28. The van der Waals surface area contributed by atoms with Crippen LogP contribution in [0, 0.1) is 0 Å². The average Bonchev–Trinajstić information content (AvgIpc) is 3.35. The third-order valence-electron chi connectivity index (χ3n) is 6.26. The number of benzene rings is 3. The van der Waals surface area contributed by atoms with Crippen LogP contribution in [-0.4, -0.2) is 36.9 Å². The van der Waals surface area contributed by atoms with Crippen LogP contribution in [-0.2, 0) is 6.42 Å². The predicted octanol–water partition coefficient (Wildman–Crippen LogP) is 6.45. The van der Waals surface area contributed by atoms with Crippen LogP contribution in [0.3, 0.4) is 0 Å². The molecule has 1 aromatic heterocycles. The number of ether oxygens (including phenoxy) is 2. The second-order valence-corrected chi connectivity index (χ2v) is 10.7. The van der Waals surface area contributed by atoms with Crippen LogP contribution in [0.2, 0.25) is 10.0 Å². The van der Waals surface area contributed by atoms with E-state index in [0.717, 1.165) is 16.9 Å². The summed E-state index contributed by atoms with van der Waals surface area (Å²) in [5.41, 5.74) is 3.58. The Kier molecular flexibility index (Phi) is 7.65. The highest BCUT2D eigenvalue weighted by atomic mass is 35.5. The molecule has 0 spiro atoms. The lowest BCUT2D eigenvalue weighted by molar-refractivity contribution is 0.301. The largest absolute Gasteiger partial charge is 0.493 e. The van der Waals surface area contributed by atoms with Crippen molar-refractivity contribution < 1.29 is 9.47 Å². The van der Waals surface area contributed by atoms with Crippen LogP contribution in [0.15, 0.2) is 82.7 Å². The van der Waals surface area contributed by atoms with Gasteiger partial charge < -0.3 is 14.4 Å². The highest BCUT2D eigenvalue weighted by molar-refractivity contribution is 7.99. The summed E-state index contributed by atoms with van der Waals surface area (Å²) >= 11 is 13.6. The Labute approximate surface area is 229 Å². The fraction of sp³-hybridized carbons (Fsp3) is 0.214. The van der Waals surface area contributed by atoms with Gasteiger partial charge in [-0.25, -0.2) is 4.98 Å². The second-order valence-electron chi connectivity index (χ2n) is 8.64. The molecule has 5 rings (SSSR count). The van der Waals surface area contributed by atoms with Crippen molar-refractivity contribution >= 4 is 40.7 Å². The predicted molar refractivity (Wildman–Crippen MR) is 150 cm³/mol. The molecule has 1 atom stereocenters. The third-order valence-corrected chi connectivity index (χ3v) is 8.14. The molecule has 2 heterocycles. The normalized spacial score (nSPS) is 14.3. The summed E-state index contributed by atoms with van der Waals surface area (Å²) in [6, 6.07) is 20.9. The van der Waals surface area contributed by atoms with E-state index in [1.54, 1.807) is 35.8 Å². The fourth-order valence-corrected chi connectivity index (χ4v) is 5.73. The molecule has 0 bridgehead atoms. The third kappa shape index (κ3) is 5.59. The minimum atomic E-state index is -0.0909. The lowest BCUT2D eigenvalue weighted by atomic mass is 10.1. The molecule has 1 unspecified atom stereocenters. The Balaban J connectivity index is 1.29. The molecule has 4 aromatic rings. The fourth-order valence-electron chi connectivity index (χ4n) is 4.18. The summed E-state index contributed by atoms with van der Waals surface area (Å²) in [6.07, 6.45) is 2.29. The van der Waals surface area contributed by atoms with Crippen molar-refractivity contribution in [3.05, 3.63) is 105 Å². The first-order valence-electron chi connectivity index (χ1n) is 11.7. The minimum absolute atomic E-state index is 0.0909. The molecule has 0 radical (unpaired) electrons. The molecule has 0 fully saturated rings. The lowest BCUT2D eigenvalue weighted by Gasteiger charge is -2.20. The molecule has 0 saturated carbocycles. The molecule has 1 aliphatic heterocycles. The lowest BCUT2D eigenvalue weighted by Crippen LogP contribution is -2.23. The molecule has 0 aliphatic carbocycles. The highest BCUT2D eigenvalue weighted by Crippen LogP contribution is 2.44. The molecule has 190 valence electrons. The molecule has 0 amide bonds. The van der Waals surface area contributed by atoms with E-state index in [4.69, 9.17) is 32.7 Å². The van der Waals surface area contributed by atoms with Crippen molar-refractivity contribution in [2.45, 2.75) is 16.6 Å². The standard InChI is InChI=1S/C28H25Cl2N3O3S/c1-32(21-9-7-20(30)8-10-21)13-14-36-24-12-11-22(15-25(24)35-2)33-17-31-23-16-26(37-27(23)28(33)34)18-3-5-19(29)6-4-18/h3-12,15,17,26H,13-14,16H2,1-2H3. The summed E-state index contributed by atoms with van der Waals surface area (Å²) in [4.78, 5) is 20.7. The van der Waals surface area contributed by atoms with Gasteiger partial charge in [0.05, 0.1) is 29.9 Å². The average molecular weight is 554 g/mol. The summed E-state index contributed by atoms with van der Waals surface area (Å²) < 4.78 is 13.1. The van der Waals surface area contributed by atoms with Crippen LogP contribution in [0.25, 0.3) is 5.69 Å². The first kappa shape index (κ1) is 25.5. The van der Waals surface area contributed by atoms with Crippen molar-refractivity contribution in [2.24, 2.45) is 0 Å².